The molecule has 0 fully saturated rings. The van der Waals surface area contributed by atoms with Gasteiger partial charge in [-0.3, -0.25) is 13.7 Å². The molecule has 634 valence electrons. The van der Waals surface area contributed by atoms with Gasteiger partial charge in [0.1, 0.15) is 11.1 Å². The Hall–Kier alpha value is -17.8. The van der Waals surface area contributed by atoms with Gasteiger partial charge < -0.3 is 8.98 Å². The lowest BCUT2D eigenvalue weighted by Gasteiger charge is -2.21. The van der Waals surface area contributed by atoms with Crippen LogP contribution in [0.3, 0.4) is 0 Å². The minimum Gasteiger partial charge on any atom is -0.454 e. The summed E-state index contributed by atoms with van der Waals surface area (Å²) in [7, 11) is 0. The Morgan fingerprint density at radius 3 is 1.05 bits per heavy atom. The minimum absolute atomic E-state index is 0.149. The van der Waals surface area contributed by atoms with Crippen LogP contribution >= 0.6 is 11.3 Å². The van der Waals surface area contributed by atoms with E-state index in [1.807, 2.05) is 145 Å². The van der Waals surface area contributed by atoms with Gasteiger partial charge in [0, 0.05) is 114 Å². The number of furan rings is 1. The average Bonchev–Trinajstić information content (AvgIpc) is 1.55. The average molecular weight is 1750 g/mol. The summed E-state index contributed by atoms with van der Waals surface area (Å²) in [5.41, 5.74) is 24.3. The van der Waals surface area contributed by atoms with Gasteiger partial charge in [-0.1, -0.05) is 384 Å². The molecule has 0 atom stereocenters. The Morgan fingerprint density at radius 1 is 0.222 bits per heavy atom. The largest absolute Gasteiger partial charge is 0.454 e. The van der Waals surface area contributed by atoms with E-state index in [0.29, 0.717) is 52.8 Å². The van der Waals surface area contributed by atoms with Crippen molar-refractivity contribution in [1.82, 2.24) is 63.1 Å². The van der Waals surface area contributed by atoms with Gasteiger partial charge in [-0.25, -0.2) is 15.0 Å². The molecule has 9 aromatic heterocycles. The molecule has 18 aromatic carbocycles. The van der Waals surface area contributed by atoms with Crippen LogP contribution in [-0.4, -0.2) is 63.1 Å². The molecule has 0 amide bonds. The monoisotopic (exact) mass is 1750 g/mol. The van der Waals surface area contributed by atoms with Crippen LogP contribution in [0.5, 0.6) is 0 Å². The van der Waals surface area contributed by atoms with Gasteiger partial charge in [0.25, 0.3) is 0 Å². The molecule has 0 saturated heterocycles. The highest BCUT2D eigenvalue weighted by Gasteiger charge is 2.36. The molecule has 1 aliphatic carbocycles. The molecule has 0 aliphatic heterocycles. The van der Waals surface area contributed by atoms with E-state index in [1.165, 1.54) is 69.5 Å². The molecule has 27 aromatic rings. The number of thiophene rings is 1. The van der Waals surface area contributed by atoms with E-state index in [9.17, 15) is 0 Å². The smallest absolute Gasteiger partial charge is 0.238 e. The molecule has 14 nitrogen and oxygen atoms in total. The Labute approximate surface area is 778 Å². The third-order valence-corrected chi connectivity index (χ3v) is 27.7. The number of hydrogen-bond acceptors (Lipinski definition) is 11. The summed E-state index contributed by atoms with van der Waals surface area (Å²) in [6, 6.07) is 150. The number of hydrogen-bond donors (Lipinski definition) is 0. The first kappa shape index (κ1) is 78.3. The molecular weight excluding hydrogens is 1670 g/mol. The van der Waals surface area contributed by atoms with Crippen molar-refractivity contribution in [2.75, 3.05) is 0 Å². The zero-order chi connectivity index (χ0) is 89.4. The summed E-state index contributed by atoms with van der Waals surface area (Å²) >= 11 is 1.82. The Morgan fingerprint density at radius 2 is 0.548 bits per heavy atom. The molecule has 0 unspecified atom stereocenters. The molecule has 0 saturated carbocycles. The topological polar surface area (TPSA) is 149 Å². The van der Waals surface area contributed by atoms with Crippen molar-refractivity contribution >= 4 is 141 Å². The number of aromatic nitrogens is 13. The van der Waals surface area contributed by atoms with Crippen molar-refractivity contribution in [3.63, 3.8) is 0 Å². The number of nitrogens with zero attached hydrogens (tertiary/aromatic N) is 13. The van der Waals surface area contributed by atoms with E-state index >= 15 is 0 Å². The van der Waals surface area contributed by atoms with E-state index in [-0.39, 0.29) is 5.41 Å². The summed E-state index contributed by atoms with van der Waals surface area (Å²) in [6.07, 6.45) is 0. The lowest BCUT2D eigenvalue weighted by Crippen LogP contribution is -2.15. The normalized spacial score (nSPS) is 12.3. The maximum absolute atomic E-state index is 6.55. The van der Waals surface area contributed by atoms with Crippen LogP contribution in [0, 0.1) is 0 Å². The highest BCUT2D eigenvalue weighted by Crippen LogP contribution is 2.51. The second-order valence-corrected chi connectivity index (χ2v) is 35.7. The lowest BCUT2D eigenvalue weighted by molar-refractivity contribution is 0.660. The van der Waals surface area contributed by atoms with Crippen molar-refractivity contribution in [3.8, 4) is 114 Å². The molecular formula is C120H77N13OS. The summed E-state index contributed by atoms with van der Waals surface area (Å²) < 4.78 is 18.1. The first-order chi connectivity index (χ1) is 66.7. The van der Waals surface area contributed by atoms with E-state index < -0.39 is 0 Å². The zero-order valence-electron chi connectivity index (χ0n) is 73.1. The minimum atomic E-state index is -0.149. The van der Waals surface area contributed by atoms with Gasteiger partial charge in [-0.2, -0.15) is 29.9 Å². The second-order valence-electron chi connectivity index (χ2n) is 34.7. The highest BCUT2D eigenvalue weighted by molar-refractivity contribution is 7.26. The van der Waals surface area contributed by atoms with E-state index in [1.54, 1.807) is 0 Å². The van der Waals surface area contributed by atoms with Crippen molar-refractivity contribution in [2.45, 2.75) is 19.3 Å². The summed E-state index contributed by atoms with van der Waals surface area (Å²) in [5.74, 6) is 5.55. The molecule has 0 spiro atoms. The van der Waals surface area contributed by atoms with Crippen LogP contribution in [0.1, 0.15) is 25.0 Å². The van der Waals surface area contributed by atoms with Crippen LogP contribution in [0.4, 0.5) is 0 Å². The van der Waals surface area contributed by atoms with Gasteiger partial charge in [0.05, 0.1) is 43.3 Å². The fourth-order valence-corrected chi connectivity index (χ4v) is 21.5. The Balaban J connectivity index is 0.000000107. The third kappa shape index (κ3) is 13.0. The molecule has 0 bridgehead atoms. The van der Waals surface area contributed by atoms with Crippen LogP contribution in [-0.2, 0) is 5.41 Å². The third-order valence-electron chi connectivity index (χ3n) is 26.5. The summed E-state index contributed by atoms with van der Waals surface area (Å²) in [4.78, 5) is 46.2. The van der Waals surface area contributed by atoms with Crippen molar-refractivity contribution in [3.05, 3.63) is 442 Å². The Bertz CT molecular complexity index is 9340. The fraction of sp³-hybridized carbons (Fsp3) is 0.0250. The van der Waals surface area contributed by atoms with Gasteiger partial charge in [0.2, 0.25) is 17.8 Å². The van der Waals surface area contributed by atoms with Crippen LogP contribution in [0.2, 0.25) is 0 Å². The molecule has 15 heteroatoms. The van der Waals surface area contributed by atoms with E-state index in [2.05, 4.69) is 329 Å². The quantitative estimate of drug-likeness (QED) is 0.122. The maximum Gasteiger partial charge on any atom is 0.238 e. The predicted octanol–water partition coefficient (Wildman–Crippen LogP) is 30.2. The summed E-state index contributed by atoms with van der Waals surface area (Å²) in [5, 5.41) is 13.9. The number of rotatable bonds is 11. The van der Waals surface area contributed by atoms with Gasteiger partial charge >= 0.3 is 0 Å². The first-order valence-electron chi connectivity index (χ1n) is 45.3. The number of benzene rings is 18. The molecule has 0 N–H and O–H groups in total. The molecule has 135 heavy (non-hydrogen) atoms. The van der Waals surface area contributed by atoms with Crippen molar-refractivity contribution in [2.24, 2.45) is 0 Å². The van der Waals surface area contributed by atoms with Crippen LogP contribution in [0.25, 0.3) is 243 Å². The number of fused-ring (bicyclic) bond motifs is 24. The molecule has 0 radical (unpaired) electrons. The molecule has 1 aliphatic rings. The zero-order valence-corrected chi connectivity index (χ0v) is 73.9. The van der Waals surface area contributed by atoms with Gasteiger partial charge in [-0.05, 0) is 94.0 Å². The van der Waals surface area contributed by atoms with Crippen molar-refractivity contribution < 1.29 is 4.42 Å². The first-order valence-corrected chi connectivity index (χ1v) is 46.1. The van der Waals surface area contributed by atoms with Crippen LogP contribution < -0.4 is 0 Å². The fourth-order valence-electron chi connectivity index (χ4n) is 20.2. The van der Waals surface area contributed by atoms with E-state index in [0.717, 1.165) is 132 Å². The maximum atomic E-state index is 6.55. The SMILES string of the molecule is CC1(C)c2ccccc2-c2ccc(-c3nc(-c4ccccc4)nc(-n4c5ccccc5c5ccc6c7ccccc7n(-c7ccccc7)c6c54)n3)cc21.c1ccc(-c2ccc(-c3nc(-c4ccccc4)nc(-n4c5ccccc5c5ccc6c7ccccc7oc6c54)n3)cc2)cc1.c1ccc(-c2nc(-c3ccccc3)nc(-n3c4ccccc4c4ccc5c6ccccc6sc5c43)n2)cc1. The summed E-state index contributed by atoms with van der Waals surface area (Å²) in [6.45, 7) is 4.62. The number of para-hydroxylation sites is 6. The predicted molar refractivity (Wildman–Crippen MR) is 553 cm³/mol. The molecule has 28 rings (SSSR count). The van der Waals surface area contributed by atoms with Gasteiger partial charge in [0.15, 0.2) is 40.5 Å². The highest BCUT2D eigenvalue weighted by atomic mass is 32.1. The van der Waals surface area contributed by atoms with Crippen LogP contribution in [0.15, 0.2) is 435 Å². The molecule has 9 heterocycles. The second kappa shape index (κ2) is 31.8. The van der Waals surface area contributed by atoms with Gasteiger partial charge in [-0.15, -0.1) is 11.3 Å². The van der Waals surface area contributed by atoms with E-state index in [4.69, 9.17) is 49.3 Å². The standard InChI is InChI=1S/C48H33N5.C39H24N4O.C33H20N4S/c1-48(2)39-22-12-9-19-33(39)34-26-25-31(29-40(34)48)46-49-45(30-15-5-3-6-16-30)50-47(51-46)53-42-24-14-11-21-36(42)38-28-27-37-35-20-10-13-23-41(35)52(43(37)44(38)53)32-17-7-4-8-18-32;1-3-11-25(12-4-1)26-19-21-28(22-20-26)38-40-37(27-13-5-2-6-14-27)41-39(42-38)43-33-17-9-7-15-29(33)31-23-24-32-30-16-8-10-18-34(30)44-36(32)35(31)43;1-3-11-21(12-4-1)31-34-32(22-13-5-2-6-14-22)36-33(35-31)37-27-17-9-7-15-23(27)25-19-20-26-24-16-8-10-18-28(24)38-30(26)29(25)37/h3-29H,1-2H3;1-24H;1-20H. The Kier molecular flexibility index (Phi) is 18.4. The van der Waals surface area contributed by atoms with Crippen molar-refractivity contribution in [1.29, 1.82) is 0 Å². The lowest BCUT2D eigenvalue weighted by atomic mass is 9.82.